The maximum atomic E-state index is 12.7. The Morgan fingerprint density at radius 1 is 1.07 bits per heavy atom. The second-order valence-electron chi connectivity index (χ2n) is 6.25. The molecule has 146 valence electrons. The van der Waals surface area contributed by atoms with Crippen LogP contribution in [0.5, 0.6) is 5.75 Å². The second kappa shape index (κ2) is 8.90. The van der Waals surface area contributed by atoms with Crippen LogP contribution in [0.1, 0.15) is 18.1 Å². The molecule has 7 heteroatoms. The van der Waals surface area contributed by atoms with E-state index in [1.165, 1.54) is 12.1 Å². The molecular formula is C20H23F3N2O2. The van der Waals surface area contributed by atoms with E-state index >= 15 is 0 Å². The molecule has 0 aromatic heterocycles. The molecule has 0 aliphatic rings. The van der Waals surface area contributed by atoms with Crippen molar-refractivity contribution in [2.24, 2.45) is 0 Å². The van der Waals surface area contributed by atoms with Crippen LogP contribution in [0.3, 0.4) is 0 Å². The molecule has 0 saturated heterocycles. The molecule has 0 aliphatic carbocycles. The predicted octanol–water partition coefficient (Wildman–Crippen LogP) is 4.38. The number of anilines is 1. The topological polar surface area (TPSA) is 32.8 Å². The predicted molar refractivity (Wildman–Crippen MR) is 98.7 cm³/mol. The number of benzene rings is 2. The molecule has 2 aromatic rings. The van der Waals surface area contributed by atoms with E-state index in [1.807, 2.05) is 38.1 Å². The van der Waals surface area contributed by atoms with Gasteiger partial charge in [0.1, 0.15) is 5.75 Å². The Morgan fingerprint density at radius 3 is 2.33 bits per heavy atom. The minimum atomic E-state index is -4.76. The number of nitrogens with zero attached hydrogens (tertiary/aromatic N) is 2. The van der Waals surface area contributed by atoms with Gasteiger partial charge in [-0.3, -0.25) is 9.69 Å². The van der Waals surface area contributed by atoms with Crippen molar-refractivity contribution in [1.29, 1.82) is 0 Å². The fourth-order valence-corrected chi connectivity index (χ4v) is 2.87. The van der Waals surface area contributed by atoms with Crippen molar-refractivity contribution in [1.82, 2.24) is 4.90 Å². The van der Waals surface area contributed by atoms with E-state index < -0.39 is 6.36 Å². The van der Waals surface area contributed by atoms with Crippen LogP contribution >= 0.6 is 0 Å². The summed E-state index contributed by atoms with van der Waals surface area (Å²) in [4.78, 5) is 16.1. The lowest BCUT2D eigenvalue weighted by molar-refractivity contribution is -0.275. The number of halogens is 3. The van der Waals surface area contributed by atoms with Crippen LogP contribution in [0.15, 0.2) is 48.5 Å². The van der Waals surface area contributed by atoms with Gasteiger partial charge < -0.3 is 9.64 Å². The van der Waals surface area contributed by atoms with E-state index in [9.17, 15) is 18.0 Å². The SMILES string of the molecule is CCN(C(=O)CN(C)Cc1ccccc1OC(F)(F)F)c1ccccc1C. The number of carbonyl (C=O) groups excluding carboxylic acids is 1. The van der Waals surface area contributed by atoms with Gasteiger partial charge >= 0.3 is 6.36 Å². The number of alkyl halides is 3. The molecule has 0 bridgehead atoms. The van der Waals surface area contributed by atoms with Gasteiger partial charge in [-0.05, 0) is 38.6 Å². The Labute approximate surface area is 157 Å². The maximum absolute atomic E-state index is 12.7. The van der Waals surface area contributed by atoms with Crippen LogP contribution in [0.2, 0.25) is 0 Å². The zero-order valence-electron chi connectivity index (χ0n) is 15.6. The summed E-state index contributed by atoms with van der Waals surface area (Å²) in [7, 11) is 1.69. The van der Waals surface area contributed by atoms with Crippen molar-refractivity contribution in [2.75, 3.05) is 25.0 Å². The smallest absolute Gasteiger partial charge is 0.405 e. The average Bonchev–Trinajstić information content (AvgIpc) is 2.57. The molecule has 0 heterocycles. The van der Waals surface area contributed by atoms with Crippen molar-refractivity contribution in [2.45, 2.75) is 26.8 Å². The number of rotatable bonds is 7. The standard InChI is InChI=1S/C20H23F3N2O2/c1-4-25(17-11-7-5-9-15(17)2)19(26)14-24(3)13-16-10-6-8-12-18(16)27-20(21,22)23/h5-12H,4,13-14H2,1-3H3. The van der Waals surface area contributed by atoms with Gasteiger partial charge in [-0.2, -0.15) is 0 Å². The number of hydrogen-bond donors (Lipinski definition) is 0. The summed E-state index contributed by atoms with van der Waals surface area (Å²) in [5, 5.41) is 0. The largest absolute Gasteiger partial charge is 0.573 e. The molecule has 4 nitrogen and oxygen atoms in total. The highest BCUT2D eigenvalue weighted by Crippen LogP contribution is 2.27. The number of para-hydroxylation sites is 2. The fourth-order valence-electron chi connectivity index (χ4n) is 2.87. The summed E-state index contributed by atoms with van der Waals surface area (Å²) < 4.78 is 41.7. The van der Waals surface area contributed by atoms with Crippen LogP contribution < -0.4 is 9.64 Å². The van der Waals surface area contributed by atoms with Crippen molar-refractivity contribution in [3.63, 3.8) is 0 Å². The Morgan fingerprint density at radius 2 is 1.70 bits per heavy atom. The molecule has 2 rings (SSSR count). The molecule has 0 N–H and O–H groups in total. The third kappa shape index (κ3) is 5.99. The lowest BCUT2D eigenvalue weighted by atomic mass is 10.1. The van der Waals surface area contributed by atoms with E-state index in [1.54, 1.807) is 29.0 Å². The minimum Gasteiger partial charge on any atom is -0.405 e. The van der Waals surface area contributed by atoms with E-state index in [-0.39, 0.29) is 24.7 Å². The number of likely N-dealkylation sites (N-methyl/N-ethyl adjacent to an activating group) is 2. The first-order chi connectivity index (χ1) is 12.7. The molecule has 0 spiro atoms. The summed E-state index contributed by atoms with van der Waals surface area (Å²) in [5.74, 6) is -0.376. The molecular weight excluding hydrogens is 357 g/mol. The Kier molecular flexibility index (Phi) is 6.85. The fraction of sp³-hybridized carbons (Fsp3) is 0.350. The van der Waals surface area contributed by atoms with Gasteiger partial charge in [-0.1, -0.05) is 36.4 Å². The van der Waals surface area contributed by atoms with Crippen molar-refractivity contribution in [3.8, 4) is 5.75 Å². The van der Waals surface area contributed by atoms with Crippen LogP contribution in [0.25, 0.3) is 0 Å². The quantitative estimate of drug-likeness (QED) is 0.715. The molecule has 0 fully saturated rings. The van der Waals surface area contributed by atoms with Crippen molar-refractivity contribution in [3.05, 3.63) is 59.7 Å². The van der Waals surface area contributed by atoms with E-state index in [0.717, 1.165) is 11.3 Å². The zero-order valence-corrected chi connectivity index (χ0v) is 15.6. The molecule has 1 amide bonds. The van der Waals surface area contributed by atoms with Gasteiger partial charge in [0.15, 0.2) is 0 Å². The number of hydrogen-bond acceptors (Lipinski definition) is 3. The van der Waals surface area contributed by atoms with E-state index in [4.69, 9.17) is 0 Å². The van der Waals surface area contributed by atoms with Crippen LogP contribution in [-0.2, 0) is 11.3 Å². The van der Waals surface area contributed by atoms with Crippen LogP contribution in [-0.4, -0.2) is 37.3 Å². The third-order valence-corrected chi connectivity index (χ3v) is 4.07. The Hall–Kier alpha value is -2.54. The highest BCUT2D eigenvalue weighted by atomic mass is 19.4. The van der Waals surface area contributed by atoms with E-state index in [0.29, 0.717) is 12.1 Å². The molecule has 0 atom stereocenters. The average molecular weight is 380 g/mol. The van der Waals surface area contributed by atoms with Gasteiger partial charge in [0.25, 0.3) is 0 Å². The minimum absolute atomic E-state index is 0.0720. The number of amides is 1. The van der Waals surface area contributed by atoms with E-state index in [2.05, 4.69) is 4.74 Å². The number of aryl methyl sites for hydroxylation is 1. The van der Waals surface area contributed by atoms with Crippen molar-refractivity contribution < 1.29 is 22.7 Å². The highest BCUT2D eigenvalue weighted by molar-refractivity contribution is 5.95. The summed E-state index contributed by atoms with van der Waals surface area (Å²) >= 11 is 0. The summed E-state index contributed by atoms with van der Waals surface area (Å²) in [6.45, 7) is 4.55. The second-order valence-corrected chi connectivity index (χ2v) is 6.25. The highest BCUT2D eigenvalue weighted by Gasteiger charge is 2.32. The maximum Gasteiger partial charge on any atom is 0.573 e. The van der Waals surface area contributed by atoms with Crippen LogP contribution in [0.4, 0.5) is 18.9 Å². The lowest BCUT2D eigenvalue weighted by Gasteiger charge is -2.26. The van der Waals surface area contributed by atoms with Crippen molar-refractivity contribution >= 4 is 11.6 Å². The van der Waals surface area contributed by atoms with Crippen LogP contribution in [0, 0.1) is 6.92 Å². The molecule has 27 heavy (non-hydrogen) atoms. The normalized spacial score (nSPS) is 11.5. The molecule has 0 radical (unpaired) electrons. The first-order valence-electron chi connectivity index (χ1n) is 8.59. The summed E-state index contributed by atoms with van der Waals surface area (Å²) in [6.07, 6.45) is -4.76. The van der Waals surface area contributed by atoms with Gasteiger partial charge in [0.05, 0.1) is 6.54 Å². The van der Waals surface area contributed by atoms with Gasteiger partial charge in [0.2, 0.25) is 5.91 Å². The Balaban J connectivity index is 2.08. The first kappa shape index (κ1) is 20.8. The Bertz CT molecular complexity index is 778. The molecule has 0 aliphatic heterocycles. The monoisotopic (exact) mass is 380 g/mol. The van der Waals surface area contributed by atoms with Gasteiger partial charge in [-0.15, -0.1) is 13.2 Å². The third-order valence-electron chi connectivity index (χ3n) is 4.07. The van der Waals surface area contributed by atoms with Gasteiger partial charge in [0, 0.05) is 24.3 Å². The number of carbonyl (C=O) groups is 1. The number of ether oxygens (including phenoxy) is 1. The van der Waals surface area contributed by atoms with Gasteiger partial charge in [-0.25, -0.2) is 0 Å². The first-order valence-corrected chi connectivity index (χ1v) is 8.59. The molecule has 2 aromatic carbocycles. The zero-order chi connectivity index (χ0) is 20.0. The summed E-state index contributed by atoms with van der Waals surface area (Å²) in [5.41, 5.74) is 2.18. The lowest BCUT2D eigenvalue weighted by Crippen LogP contribution is -2.39. The summed E-state index contributed by atoms with van der Waals surface area (Å²) in [6, 6.07) is 13.5. The molecule has 0 unspecified atom stereocenters. The molecule has 0 saturated carbocycles.